The highest BCUT2D eigenvalue weighted by Crippen LogP contribution is 2.34. The van der Waals surface area contributed by atoms with Crippen LogP contribution in [0.2, 0.25) is 5.02 Å². The predicted octanol–water partition coefficient (Wildman–Crippen LogP) is 4.15. The van der Waals surface area contributed by atoms with E-state index in [0.717, 1.165) is 5.56 Å². The fraction of sp³-hybridized carbons (Fsp3) is 0.316. The molecule has 1 aliphatic rings. The Morgan fingerprint density at radius 3 is 2.52 bits per heavy atom. The second-order valence-electron chi connectivity index (χ2n) is 6.52. The number of ether oxygens (including phenoxy) is 2. The molecule has 8 heteroatoms. The summed E-state index contributed by atoms with van der Waals surface area (Å²) >= 11 is 5.82. The normalized spacial score (nSPS) is 13.9. The van der Waals surface area contributed by atoms with Crippen LogP contribution in [0.1, 0.15) is 35.8 Å². The number of nitrogens with one attached hydrogen (secondary N) is 1. The summed E-state index contributed by atoms with van der Waals surface area (Å²) in [5.41, 5.74) is 0.741. The van der Waals surface area contributed by atoms with E-state index in [4.69, 9.17) is 21.1 Å². The maximum atomic E-state index is 12.7. The summed E-state index contributed by atoms with van der Waals surface area (Å²) < 4.78 is 11.1. The van der Waals surface area contributed by atoms with Gasteiger partial charge < -0.3 is 14.8 Å². The van der Waals surface area contributed by atoms with Crippen LogP contribution in [0.4, 0.5) is 5.69 Å². The van der Waals surface area contributed by atoms with Gasteiger partial charge in [-0.3, -0.25) is 14.9 Å². The van der Waals surface area contributed by atoms with Gasteiger partial charge in [-0.25, -0.2) is 0 Å². The number of fused-ring (bicyclic) bond motifs is 1. The molecule has 1 amide bonds. The first kappa shape index (κ1) is 19.0. The first-order chi connectivity index (χ1) is 12.9. The summed E-state index contributed by atoms with van der Waals surface area (Å²) in [5.74, 6) is 0.982. The smallest absolute Gasteiger partial charge is 0.288 e. The van der Waals surface area contributed by atoms with Crippen LogP contribution in [-0.2, 0) is 0 Å². The van der Waals surface area contributed by atoms with E-state index in [-0.39, 0.29) is 28.2 Å². The minimum Gasteiger partial charge on any atom is -0.486 e. The average molecular weight is 391 g/mol. The van der Waals surface area contributed by atoms with Crippen molar-refractivity contribution in [2.75, 3.05) is 13.2 Å². The molecule has 0 bridgehead atoms. The highest BCUT2D eigenvalue weighted by Gasteiger charge is 2.23. The minimum absolute atomic E-state index is 0.0104. The Bertz CT molecular complexity index is 884. The van der Waals surface area contributed by atoms with Gasteiger partial charge in [-0.2, -0.15) is 0 Å². The first-order valence-electron chi connectivity index (χ1n) is 8.51. The number of rotatable bonds is 5. The van der Waals surface area contributed by atoms with Crippen LogP contribution in [-0.4, -0.2) is 24.0 Å². The highest BCUT2D eigenvalue weighted by atomic mass is 35.5. The van der Waals surface area contributed by atoms with E-state index in [2.05, 4.69) is 5.32 Å². The standard InChI is InChI=1S/C19H19ClN2O5/c1-11(2)18(12-4-6-16-17(10-12)27-8-7-26-16)21-19(23)13-3-5-14(20)15(9-13)22(24)25/h3-6,9-11,18H,7-8H2,1-2H3,(H,21,23). The monoisotopic (exact) mass is 390 g/mol. The Morgan fingerprint density at radius 1 is 1.15 bits per heavy atom. The fourth-order valence-corrected chi connectivity index (χ4v) is 3.09. The zero-order valence-electron chi connectivity index (χ0n) is 14.9. The molecule has 0 aromatic heterocycles. The third-order valence-electron chi connectivity index (χ3n) is 4.28. The lowest BCUT2D eigenvalue weighted by atomic mass is 9.95. The van der Waals surface area contributed by atoms with Crippen molar-refractivity contribution in [3.8, 4) is 11.5 Å². The maximum Gasteiger partial charge on any atom is 0.288 e. The number of amides is 1. The summed E-state index contributed by atoms with van der Waals surface area (Å²) in [6, 6.07) is 9.24. The van der Waals surface area contributed by atoms with Crippen molar-refractivity contribution in [1.29, 1.82) is 0 Å². The summed E-state index contributed by atoms with van der Waals surface area (Å²) in [7, 11) is 0. The van der Waals surface area contributed by atoms with Crippen LogP contribution in [0, 0.1) is 16.0 Å². The van der Waals surface area contributed by atoms with Crippen molar-refractivity contribution < 1.29 is 19.2 Å². The SMILES string of the molecule is CC(C)C(NC(=O)c1ccc(Cl)c([N+](=O)[O-])c1)c1ccc2c(c1)OCCO2. The van der Waals surface area contributed by atoms with Crippen LogP contribution in [0.15, 0.2) is 36.4 Å². The topological polar surface area (TPSA) is 90.7 Å². The van der Waals surface area contributed by atoms with Crippen LogP contribution in [0.5, 0.6) is 11.5 Å². The molecule has 1 unspecified atom stereocenters. The predicted molar refractivity (Wildman–Crippen MR) is 101 cm³/mol. The van der Waals surface area contributed by atoms with Crippen molar-refractivity contribution in [3.05, 3.63) is 62.7 Å². The van der Waals surface area contributed by atoms with Gasteiger partial charge >= 0.3 is 0 Å². The Labute approximate surface area is 161 Å². The Morgan fingerprint density at radius 2 is 1.85 bits per heavy atom. The van der Waals surface area contributed by atoms with Crippen LogP contribution < -0.4 is 14.8 Å². The molecule has 0 spiro atoms. The molecule has 1 atom stereocenters. The number of hydrogen-bond acceptors (Lipinski definition) is 5. The van der Waals surface area contributed by atoms with Gasteiger partial charge in [0.1, 0.15) is 18.2 Å². The molecule has 0 radical (unpaired) electrons. The van der Waals surface area contributed by atoms with Crippen LogP contribution in [0.3, 0.4) is 0 Å². The van der Waals surface area contributed by atoms with Gasteiger partial charge in [-0.1, -0.05) is 31.5 Å². The number of nitrogens with zero attached hydrogens (tertiary/aromatic N) is 1. The number of carbonyl (C=O) groups is 1. The number of nitro groups is 1. The third kappa shape index (κ3) is 4.14. The third-order valence-corrected chi connectivity index (χ3v) is 4.60. The largest absolute Gasteiger partial charge is 0.486 e. The van der Waals surface area contributed by atoms with E-state index in [1.807, 2.05) is 32.0 Å². The van der Waals surface area contributed by atoms with Crippen molar-refractivity contribution >= 4 is 23.2 Å². The number of nitro benzene ring substituents is 1. The van der Waals surface area contributed by atoms with Gasteiger partial charge in [0.25, 0.3) is 11.6 Å². The minimum atomic E-state index is -0.611. The fourth-order valence-electron chi connectivity index (χ4n) is 2.91. The number of carbonyl (C=O) groups excluding carboxylic acids is 1. The number of halogens is 1. The lowest BCUT2D eigenvalue weighted by molar-refractivity contribution is -0.384. The molecule has 2 aromatic rings. The lowest BCUT2D eigenvalue weighted by Gasteiger charge is -2.25. The molecule has 0 fully saturated rings. The van der Waals surface area contributed by atoms with Crippen LogP contribution >= 0.6 is 11.6 Å². The zero-order valence-corrected chi connectivity index (χ0v) is 15.7. The Kier molecular flexibility index (Phi) is 5.51. The number of benzene rings is 2. The molecule has 0 aliphatic carbocycles. The molecule has 0 saturated heterocycles. The molecule has 3 rings (SSSR count). The molecular formula is C19H19ClN2O5. The van der Waals surface area contributed by atoms with Crippen molar-refractivity contribution in [2.24, 2.45) is 5.92 Å². The molecular weight excluding hydrogens is 372 g/mol. The summed E-state index contributed by atoms with van der Waals surface area (Å²) in [5, 5.41) is 14.0. The second-order valence-corrected chi connectivity index (χ2v) is 6.93. The van der Waals surface area contributed by atoms with E-state index in [0.29, 0.717) is 24.7 Å². The molecule has 27 heavy (non-hydrogen) atoms. The van der Waals surface area contributed by atoms with Crippen molar-refractivity contribution in [2.45, 2.75) is 19.9 Å². The van der Waals surface area contributed by atoms with Crippen molar-refractivity contribution in [1.82, 2.24) is 5.32 Å². The molecule has 0 saturated carbocycles. The summed E-state index contributed by atoms with van der Waals surface area (Å²) in [4.78, 5) is 23.1. The molecule has 1 aliphatic heterocycles. The zero-order chi connectivity index (χ0) is 19.6. The Balaban J connectivity index is 1.85. The molecule has 1 heterocycles. The van der Waals surface area contributed by atoms with Gasteiger partial charge in [0.05, 0.1) is 11.0 Å². The van der Waals surface area contributed by atoms with Gasteiger partial charge in [0.15, 0.2) is 11.5 Å². The highest BCUT2D eigenvalue weighted by molar-refractivity contribution is 6.32. The lowest BCUT2D eigenvalue weighted by Crippen LogP contribution is -2.32. The summed E-state index contributed by atoms with van der Waals surface area (Å²) in [6.45, 7) is 4.94. The van der Waals surface area contributed by atoms with Crippen LogP contribution in [0.25, 0.3) is 0 Å². The van der Waals surface area contributed by atoms with E-state index in [1.54, 1.807) is 0 Å². The summed E-state index contributed by atoms with van der Waals surface area (Å²) in [6.07, 6.45) is 0. The maximum absolute atomic E-state index is 12.7. The quantitative estimate of drug-likeness (QED) is 0.611. The molecule has 1 N–H and O–H groups in total. The van der Waals surface area contributed by atoms with E-state index >= 15 is 0 Å². The first-order valence-corrected chi connectivity index (χ1v) is 8.89. The molecule has 2 aromatic carbocycles. The number of hydrogen-bond donors (Lipinski definition) is 1. The van der Waals surface area contributed by atoms with Gasteiger partial charge in [0, 0.05) is 11.6 Å². The average Bonchev–Trinajstić information content (AvgIpc) is 2.65. The van der Waals surface area contributed by atoms with Gasteiger partial charge in [-0.05, 0) is 35.7 Å². The van der Waals surface area contributed by atoms with Crippen molar-refractivity contribution in [3.63, 3.8) is 0 Å². The van der Waals surface area contributed by atoms with E-state index < -0.39 is 10.8 Å². The van der Waals surface area contributed by atoms with Gasteiger partial charge in [0.2, 0.25) is 0 Å². The Hall–Kier alpha value is -2.80. The second kappa shape index (κ2) is 7.84. The van der Waals surface area contributed by atoms with E-state index in [9.17, 15) is 14.9 Å². The van der Waals surface area contributed by atoms with E-state index in [1.165, 1.54) is 18.2 Å². The van der Waals surface area contributed by atoms with Gasteiger partial charge in [-0.15, -0.1) is 0 Å². The molecule has 7 nitrogen and oxygen atoms in total. The molecule has 142 valence electrons.